The minimum atomic E-state index is -5.13. The largest absolute Gasteiger partial charge is 0.449 e. The number of aliphatic imine (C=N–C) groups is 1. The summed E-state index contributed by atoms with van der Waals surface area (Å²) in [4.78, 5) is 23.7. The third-order valence-corrected chi connectivity index (χ3v) is 4.62. The van der Waals surface area contributed by atoms with E-state index in [2.05, 4.69) is 19.7 Å². The van der Waals surface area contributed by atoms with E-state index in [1.807, 2.05) is 6.07 Å². The monoisotopic (exact) mass is 439 g/mol. The minimum absolute atomic E-state index is 0.00766. The number of amidine groups is 1. The van der Waals surface area contributed by atoms with Crippen molar-refractivity contribution in [1.82, 2.24) is 9.97 Å². The van der Waals surface area contributed by atoms with Crippen LogP contribution in [0.4, 0.5) is 22.0 Å². The highest BCUT2D eigenvalue weighted by atomic mass is 19.4. The Kier molecular flexibility index (Phi) is 5.62. The fraction of sp³-hybridized carbons (Fsp3) is 0.316. The normalized spacial score (nSPS) is 23.5. The van der Waals surface area contributed by atoms with Crippen LogP contribution in [0.1, 0.15) is 34.4 Å². The number of Topliss-reactive ketones (excluding diaryl/α,β-unsaturated/α-hetero) is 1. The second kappa shape index (κ2) is 7.90. The number of ether oxygens (including phenoxy) is 1. The Morgan fingerprint density at radius 2 is 2.03 bits per heavy atom. The van der Waals surface area contributed by atoms with Crippen molar-refractivity contribution in [3.05, 3.63) is 58.9 Å². The molecule has 0 aromatic carbocycles. The standard InChI is InChI=1S/C19H14F5N5O2/c1-18(14(21)16(19(22,23)24)31-17(26)29-18)15-11(20)4-3-10(28-15)6-13(30)12-5-2-9(7-25)8-27-12/h2-5,8,14,16H,6H2,1H3,(H2,26,29)/t14-,16-,18-/m0/s1. The Hall–Kier alpha value is -3.62. The SMILES string of the molecule is C[C@]1(c2nc(CC(=O)c3ccc(C#N)cn3)ccc2F)N=C(N)O[C@H](C(F)(F)F)[C@@H]1F. The Labute approximate surface area is 172 Å². The first-order chi connectivity index (χ1) is 14.5. The molecular formula is C19H14F5N5O2. The molecule has 0 saturated carbocycles. The molecular weight excluding hydrogens is 425 g/mol. The van der Waals surface area contributed by atoms with Gasteiger partial charge in [-0.25, -0.2) is 13.8 Å². The third kappa shape index (κ3) is 4.30. The first-order valence-corrected chi connectivity index (χ1v) is 8.73. The summed E-state index contributed by atoms with van der Waals surface area (Å²) in [6, 6.07) is 5.53. The summed E-state index contributed by atoms with van der Waals surface area (Å²) in [6.07, 6.45) is -10.2. The van der Waals surface area contributed by atoms with Crippen LogP contribution in [-0.2, 0) is 16.7 Å². The molecule has 0 fully saturated rings. The van der Waals surface area contributed by atoms with Crippen LogP contribution in [0.15, 0.2) is 35.5 Å². The van der Waals surface area contributed by atoms with Crippen molar-refractivity contribution in [2.75, 3.05) is 0 Å². The van der Waals surface area contributed by atoms with Crippen LogP contribution in [0.2, 0.25) is 0 Å². The maximum absolute atomic E-state index is 14.8. The summed E-state index contributed by atoms with van der Waals surface area (Å²) in [5, 5.41) is 8.77. The van der Waals surface area contributed by atoms with Crippen molar-refractivity contribution in [2.24, 2.45) is 10.7 Å². The number of halogens is 5. The Bertz CT molecular complexity index is 1080. The molecule has 7 nitrogen and oxygen atoms in total. The maximum Gasteiger partial charge on any atom is 0.428 e. The lowest BCUT2D eigenvalue weighted by atomic mass is 9.87. The number of carbonyl (C=O) groups excluding carboxylic acids is 1. The molecule has 0 amide bonds. The van der Waals surface area contributed by atoms with Gasteiger partial charge in [-0.3, -0.25) is 14.8 Å². The van der Waals surface area contributed by atoms with Gasteiger partial charge in [-0.2, -0.15) is 18.4 Å². The molecule has 3 rings (SSSR count). The van der Waals surface area contributed by atoms with Gasteiger partial charge in [0.1, 0.15) is 28.8 Å². The molecule has 1 aliphatic heterocycles. The van der Waals surface area contributed by atoms with E-state index < -0.39 is 53.7 Å². The van der Waals surface area contributed by atoms with Crippen LogP contribution in [0.25, 0.3) is 0 Å². The van der Waals surface area contributed by atoms with Crippen LogP contribution in [0.5, 0.6) is 0 Å². The summed E-state index contributed by atoms with van der Waals surface area (Å²) in [5.74, 6) is -1.68. The first kappa shape index (κ1) is 22.1. The summed E-state index contributed by atoms with van der Waals surface area (Å²) in [7, 11) is 0. The topological polar surface area (TPSA) is 114 Å². The van der Waals surface area contributed by atoms with Crippen molar-refractivity contribution < 1.29 is 31.5 Å². The van der Waals surface area contributed by atoms with E-state index in [1.54, 1.807) is 0 Å². The van der Waals surface area contributed by atoms with E-state index >= 15 is 0 Å². The molecule has 0 bridgehead atoms. The highest BCUT2D eigenvalue weighted by Crippen LogP contribution is 2.42. The number of pyridine rings is 2. The van der Waals surface area contributed by atoms with E-state index in [9.17, 15) is 26.7 Å². The maximum atomic E-state index is 14.8. The number of hydrogen-bond donors (Lipinski definition) is 1. The molecule has 0 aliphatic carbocycles. The predicted octanol–water partition coefficient (Wildman–Crippen LogP) is 2.74. The van der Waals surface area contributed by atoms with E-state index in [4.69, 9.17) is 11.0 Å². The summed E-state index contributed by atoms with van der Waals surface area (Å²) in [5.41, 5.74) is 2.27. The van der Waals surface area contributed by atoms with Gasteiger partial charge in [0.15, 0.2) is 12.0 Å². The van der Waals surface area contributed by atoms with Gasteiger partial charge in [-0.15, -0.1) is 0 Å². The highest BCUT2D eigenvalue weighted by molar-refractivity contribution is 5.95. The minimum Gasteiger partial charge on any atom is -0.449 e. The van der Waals surface area contributed by atoms with Gasteiger partial charge in [0.05, 0.1) is 12.0 Å². The molecule has 0 radical (unpaired) electrons. The van der Waals surface area contributed by atoms with Crippen molar-refractivity contribution in [3.63, 3.8) is 0 Å². The fourth-order valence-corrected chi connectivity index (χ4v) is 3.03. The van der Waals surface area contributed by atoms with Gasteiger partial charge in [0.2, 0.25) is 6.10 Å². The van der Waals surface area contributed by atoms with Crippen molar-refractivity contribution in [1.29, 1.82) is 5.26 Å². The predicted molar refractivity (Wildman–Crippen MR) is 96.0 cm³/mol. The van der Waals surface area contributed by atoms with E-state index in [0.29, 0.717) is 0 Å². The lowest BCUT2D eigenvalue weighted by molar-refractivity contribution is -0.227. The summed E-state index contributed by atoms with van der Waals surface area (Å²) in [6.45, 7) is 0.908. The number of rotatable bonds is 4. The van der Waals surface area contributed by atoms with Gasteiger partial charge in [0, 0.05) is 11.9 Å². The number of nitrogens with zero attached hydrogens (tertiary/aromatic N) is 4. The molecule has 31 heavy (non-hydrogen) atoms. The molecule has 162 valence electrons. The Morgan fingerprint density at radius 3 is 2.61 bits per heavy atom. The Morgan fingerprint density at radius 1 is 1.32 bits per heavy atom. The van der Waals surface area contributed by atoms with E-state index in [1.165, 1.54) is 18.3 Å². The molecule has 2 aromatic heterocycles. The fourth-order valence-electron chi connectivity index (χ4n) is 3.03. The number of hydrogen-bond acceptors (Lipinski definition) is 7. The van der Waals surface area contributed by atoms with Crippen LogP contribution in [-0.4, -0.2) is 40.2 Å². The molecule has 0 saturated heterocycles. The zero-order valence-corrected chi connectivity index (χ0v) is 15.8. The Balaban J connectivity index is 1.95. The number of nitrogens with two attached hydrogens (primary N) is 1. The zero-order valence-electron chi connectivity index (χ0n) is 15.8. The number of aromatic nitrogens is 2. The van der Waals surface area contributed by atoms with Crippen LogP contribution in [0, 0.1) is 17.1 Å². The van der Waals surface area contributed by atoms with E-state index in [0.717, 1.165) is 19.1 Å². The molecule has 3 heterocycles. The number of carbonyl (C=O) groups is 1. The van der Waals surface area contributed by atoms with Gasteiger partial charge < -0.3 is 10.5 Å². The van der Waals surface area contributed by atoms with Gasteiger partial charge in [-0.1, -0.05) is 0 Å². The average molecular weight is 439 g/mol. The number of nitriles is 1. The lowest BCUT2D eigenvalue weighted by Crippen LogP contribution is -2.55. The van der Waals surface area contributed by atoms with Crippen LogP contribution in [0.3, 0.4) is 0 Å². The van der Waals surface area contributed by atoms with Crippen molar-refractivity contribution in [3.8, 4) is 6.07 Å². The van der Waals surface area contributed by atoms with Crippen LogP contribution >= 0.6 is 0 Å². The lowest BCUT2D eigenvalue weighted by Gasteiger charge is -2.38. The molecule has 2 N–H and O–H groups in total. The molecule has 3 atom stereocenters. The molecule has 0 unspecified atom stereocenters. The van der Waals surface area contributed by atoms with Crippen LogP contribution < -0.4 is 5.73 Å². The second-order valence-electron chi connectivity index (χ2n) is 6.86. The summed E-state index contributed by atoms with van der Waals surface area (Å²) < 4.78 is 73.1. The second-order valence-corrected chi connectivity index (χ2v) is 6.86. The van der Waals surface area contributed by atoms with E-state index in [-0.39, 0.29) is 17.0 Å². The van der Waals surface area contributed by atoms with Crippen molar-refractivity contribution in [2.45, 2.75) is 37.3 Å². The first-order valence-electron chi connectivity index (χ1n) is 8.73. The zero-order chi connectivity index (χ0) is 23.0. The third-order valence-electron chi connectivity index (χ3n) is 4.62. The highest BCUT2D eigenvalue weighted by Gasteiger charge is 2.58. The van der Waals surface area contributed by atoms with Gasteiger partial charge >= 0.3 is 6.18 Å². The summed E-state index contributed by atoms with van der Waals surface area (Å²) >= 11 is 0. The molecule has 0 spiro atoms. The van der Waals surface area contributed by atoms with Gasteiger partial charge in [-0.05, 0) is 31.2 Å². The molecule has 2 aromatic rings. The average Bonchev–Trinajstić information content (AvgIpc) is 2.71. The van der Waals surface area contributed by atoms with Crippen molar-refractivity contribution >= 4 is 11.8 Å². The quantitative estimate of drug-likeness (QED) is 0.579. The number of ketones is 1. The number of alkyl halides is 4. The molecule has 12 heteroatoms. The van der Waals surface area contributed by atoms with Gasteiger partial charge in [0.25, 0.3) is 6.02 Å². The molecule has 1 aliphatic rings. The smallest absolute Gasteiger partial charge is 0.428 e.